The fourth-order valence-corrected chi connectivity index (χ4v) is 6.41. The lowest BCUT2D eigenvalue weighted by molar-refractivity contribution is -0.151. The molecule has 3 atom stereocenters. The lowest BCUT2D eigenvalue weighted by Crippen LogP contribution is -2.54. The van der Waals surface area contributed by atoms with Crippen molar-refractivity contribution in [3.63, 3.8) is 0 Å². The molecule has 0 radical (unpaired) electrons. The predicted molar refractivity (Wildman–Crippen MR) is 82.1 cm³/mol. The Kier molecular flexibility index (Phi) is 3.57. The van der Waals surface area contributed by atoms with E-state index in [1.807, 2.05) is 0 Å². The van der Waals surface area contributed by atoms with Gasteiger partial charge in [0, 0.05) is 19.2 Å². The van der Waals surface area contributed by atoms with Gasteiger partial charge in [-0.15, -0.1) is 0 Å². The van der Waals surface area contributed by atoms with E-state index in [1.54, 1.807) is 0 Å². The minimum Gasteiger partial charge on any atom is -0.388 e. The zero-order chi connectivity index (χ0) is 13.6. The first kappa shape index (κ1) is 13.9. The lowest BCUT2D eigenvalue weighted by Gasteiger charge is -2.48. The molecule has 4 aliphatic heterocycles. The Morgan fingerprint density at radius 2 is 1.95 bits per heavy atom. The molecule has 0 amide bonds. The van der Waals surface area contributed by atoms with Crippen LogP contribution < -0.4 is 0 Å². The number of aliphatic hydroxyl groups is 1. The van der Waals surface area contributed by atoms with Crippen molar-refractivity contribution in [2.24, 2.45) is 5.92 Å². The fourth-order valence-electron chi connectivity index (χ4n) is 5.17. The second-order valence-corrected chi connectivity index (χ2v) is 8.49. The molecule has 1 N–H and O–H groups in total. The largest absolute Gasteiger partial charge is 0.388 e. The highest BCUT2D eigenvalue weighted by molar-refractivity contribution is 7.99. The zero-order valence-electron chi connectivity index (χ0n) is 12.4. The van der Waals surface area contributed by atoms with E-state index in [1.165, 1.54) is 43.7 Å². The number of rotatable bonds is 1. The Bertz CT molecular complexity index is 366. The first-order valence-corrected chi connectivity index (χ1v) is 9.56. The summed E-state index contributed by atoms with van der Waals surface area (Å²) in [6.07, 6.45) is 8.03. The SMILES string of the molecule is OC1(C2CCOC3(CCSCC3)C2)CCN2CCCC21. The molecule has 0 aliphatic carbocycles. The molecule has 3 unspecified atom stereocenters. The minimum atomic E-state index is -0.419. The summed E-state index contributed by atoms with van der Waals surface area (Å²) in [5.41, 5.74) is -0.312. The van der Waals surface area contributed by atoms with Crippen LogP contribution in [0.1, 0.15) is 44.9 Å². The molecular formula is C16H27NO2S. The highest BCUT2D eigenvalue weighted by atomic mass is 32.2. The van der Waals surface area contributed by atoms with Crippen LogP contribution in [0.25, 0.3) is 0 Å². The van der Waals surface area contributed by atoms with Gasteiger partial charge in [-0.25, -0.2) is 0 Å². The van der Waals surface area contributed by atoms with Crippen LogP contribution in [0.5, 0.6) is 0 Å². The van der Waals surface area contributed by atoms with E-state index in [2.05, 4.69) is 16.7 Å². The van der Waals surface area contributed by atoms with Crippen LogP contribution in [0.2, 0.25) is 0 Å². The van der Waals surface area contributed by atoms with Crippen molar-refractivity contribution >= 4 is 11.8 Å². The second-order valence-electron chi connectivity index (χ2n) is 7.27. The van der Waals surface area contributed by atoms with Gasteiger partial charge in [-0.3, -0.25) is 4.90 Å². The number of fused-ring (bicyclic) bond motifs is 1. The topological polar surface area (TPSA) is 32.7 Å². The maximum Gasteiger partial charge on any atom is 0.0844 e. The number of nitrogens with zero attached hydrogens (tertiary/aromatic N) is 1. The number of thioether (sulfide) groups is 1. The van der Waals surface area contributed by atoms with Crippen LogP contribution in [0.4, 0.5) is 0 Å². The summed E-state index contributed by atoms with van der Waals surface area (Å²) in [7, 11) is 0. The highest BCUT2D eigenvalue weighted by Gasteiger charge is 2.55. The van der Waals surface area contributed by atoms with Gasteiger partial charge in [0.25, 0.3) is 0 Å². The van der Waals surface area contributed by atoms with Gasteiger partial charge in [0.1, 0.15) is 0 Å². The lowest BCUT2D eigenvalue weighted by atomic mass is 9.70. The third-order valence-corrected chi connectivity index (χ3v) is 7.33. The van der Waals surface area contributed by atoms with Crippen molar-refractivity contribution in [2.75, 3.05) is 31.2 Å². The van der Waals surface area contributed by atoms with Crippen molar-refractivity contribution in [3.8, 4) is 0 Å². The summed E-state index contributed by atoms with van der Waals surface area (Å²) in [6.45, 7) is 3.18. The van der Waals surface area contributed by atoms with E-state index in [0.717, 1.165) is 32.4 Å². The summed E-state index contributed by atoms with van der Waals surface area (Å²) >= 11 is 2.06. The van der Waals surface area contributed by atoms with Gasteiger partial charge in [0.2, 0.25) is 0 Å². The van der Waals surface area contributed by atoms with Crippen LogP contribution in [-0.4, -0.2) is 58.5 Å². The third kappa shape index (κ3) is 2.15. The molecule has 20 heavy (non-hydrogen) atoms. The summed E-state index contributed by atoms with van der Waals surface area (Å²) in [5, 5.41) is 11.4. The van der Waals surface area contributed by atoms with Gasteiger partial charge in [-0.05, 0) is 68.9 Å². The van der Waals surface area contributed by atoms with Crippen molar-refractivity contribution in [1.29, 1.82) is 0 Å². The maximum atomic E-state index is 11.4. The molecule has 0 aromatic heterocycles. The smallest absolute Gasteiger partial charge is 0.0844 e. The van der Waals surface area contributed by atoms with E-state index in [0.29, 0.717) is 12.0 Å². The molecule has 4 aliphatic rings. The van der Waals surface area contributed by atoms with Gasteiger partial charge >= 0.3 is 0 Å². The molecule has 1 spiro atoms. The van der Waals surface area contributed by atoms with E-state index in [9.17, 15) is 5.11 Å². The van der Waals surface area contributed by atoms with E-state index < -0.39 is 5.60 Å². The van der Waals surface area contributed by atoms with E-state index in [4.69, 9.17) is 4.74 Å². The standard InChI is InChI=1S/C16H27NO2S/c18-16(4-8-17-7-1-2-14(16)17)13-3-9-19-15(12-13)5-10-20-11-6-15/h13-14,18H,1-12H2. The van der Waals surface area contributed by atoms with Crippen molar-refractivity contribution in [1.82, 2.24) is 4.90 Å². The van der Waals surface area contributed by atoms with Gasteiger partial charge in [0.05, 0.1) is 11.2 Å². The first-order valence-electron chi connectivity index (χ1n) is 8.40. The van der Waals surface area contributed by atoms with Crippen molar-refractivity contribution in [3.05, 3.63) is 0 Å². The fraction of sp³-hybridized carbons (Fsp3) is 1.00. The second kappa shape index (κ2) is 5.15. The molecule has 0 aromatic carbocycles. The van der Waals surface area contributed by atoms with E-state index >= 15 is 0 Å². The van der Waals surface area contributed by atoms with Crippen molar-refractivity contribution in [2.45, 2.75) is 62.2 Å². The molecule has 4 fully saturated rings. The molecule has 3 nitrogen and oxygen atoms in total. The molecule has 0 aromatic rings. The molecule has 4 saturated heterocycles. The summed E-state index contributed by atoms with van der Waals surface area (Å²) < 4.78 is 6.21. The molecule has 114 valence electrons. The Hall–Kier alpha value is 0.230. The van der Waals surface area contributed by atoms with Gasteiger partial charge < -0.3 is 9.84 Å². The summed E-state index contributed by atoms with van der Waals surface area (Å²) in [6, 6.07) is 0.445. The Morgan fingerprint density at radius 1 is 1.10 bits per heavy atom. The monoisotopic (exact) mass is 297 g/mol. The molecular weight excluding hydrogens is 270 g/mol. The van der Waals surface area contributed by atoms with E-state index in [-0.39, 0.29) is 5.60 Å². The Balaban J connectivity index is 1.52. The Morgan fingerprint density at radius 3 is 2.80 bits per heavy atom. The van der Waals surface area contributed by atoms with Crippen molar-refractivity contribution < 1.29 is 9.84 Å². The van der Waals surface area contributed by atoms with Gasteiger partial charge in [-0.1, -0.05) is 0 Å². The highest BCUT2D eigenvalue weighted by Crippen LogP contribution is 2.49. The van der Waals surface area contributed by atoms with Crippen LogP contribution in [0.15, 0.2) is 0 Å². The van der Waals surface area contributed by atoms with Crippen LogP contribution in [0, 0.1) is 5.92 Å². The predicted octanol–water partition coefficient (Wildman–Crippen LogP) is 2.28. The van der Waals surface area contributed by atoms with Gasteiger partial charge in [-0.2, -0.15) is 11.8 Å². The molecule has 4 rings (SSSR count). The average molecular weight is 297 g/mol. The molecule has 0 saturated carbocycles. The quantitative estimate of drug-likeness (QED) is 0.805. The van der Waals surface area contributed by atoms with Crippen LogP contribution >= 0.6 is 11.8 Å². The van der Waals surface area contributed by atoms with Crippen LogP contribution in [0.3, 0.4) is 0 Å². The molecule has 4 heterocycles. The normalized spacial score (nSPS) is 44.9. The number of hydrogen-bond donors (Lipinski definition) is 1. The first-order chi connectivity index (χ1) is 9.72. The third-order valence-electron chi connectivity index (χ3n) is 6.34. The average Bonchev–Trinajstić information content (AvgIpc) is 3.05. The number of hydrogen-bond acceptors (Lipinski definition) is 4. The summed E-state index contributed by atoms with van der Waals surface area (Å²) in [5.74, 6) is 2.94. The number of ether oxygens (including phenoxy) is 1. The Labute approximate surface area is 126 Å². The molecule has 0 bridgehead atoms. The minimum absolute atomic E-state index is 0.107. The van der Waals surface area contributed by atoms with Crippen LogP contribution in [-0.2, 0) is 4.74 Å². The summed E-state index contributed by atoms with van der Waals surface area (Å²) in [4.78, 5) is 2.54. The zero-order valence-corrected chi connectivity index (χ0v) is 13.2. The van der Waals surface area contributed by atoms with Gasteiger partial charge in [0.15, 0.2) is 0 Å². The molecule has 4 heteroatoms. The maximum absolute atomic E-state index is 11.4.